The van der Waals surface area contributed by atoms with Crippen molar-refractivity contribution in [2.75, 3.05) is 0 Å². The van der Waals surface area contributed by atoms with Crippen molar-refractivity contribution in [1.29, 1.82) is 0 Å². The molecule has 0 bridgehead atoms. The van der Waals surface area contributed by atoms with Crippen molar-refractivity contribution in [2.45, 2.75) is 105 Å². The van der Waals surface area contributed by atoms with Gasteiger partial charge in [-0.3, -0.25) is 4.79 Å². The fourth-order valence-electron chi connectivity index (χ4n) is 3.11. The van der Waals surface area contributed by atoms with Crippen LogP contribution in [-0.2, 0) is 9.53 Å². The second kappa shape index (κ2) is 13.0. The van der Waals surface area contributed by atoms with E-state index < -0.39 is 0 Å². The monoisotopic (exact) mass is 312 g/mol. The van der Waals surface area contributed by atoms with Gasteiger partial charge < -0.3 is 4.74 Å². The fourth-order valence-corrected chi connectivity index (χ4v) is 3.11. The van der Waals surface area contributed by atoms with E-state index in [1.54, 1.807) is 0 Å². The average Bonchev–Trinajstić information content (AvgIpc) is 2.46. The summed E-state index contributed by atoms with van der Waals surface area (Å²) in [7, 11) is 0. The number of unbranched alkanes of at least 4 members (excludes halogenated alkanes) is 5. The highest BCUT2D eigenvalue weighted by atomic mass is 16.5. The minimum absolute atomic E-state index is 0.0526. The number of ether oxygens (including phenoxy) is 1. The topological polar surface area (TPSA) is 26.3 Å². The van der Waals surface area contributed by atoms with Gasteiger partial charge in [0.25, 0.3) is 0 Å². The first-order valence-electron chi connectivity index (χ1n) is 9.64. The van der Waals surface area contributed by atoms with Crippen LogP contribution in [0.1, 0.15) is 99.3 Å². The van der Waals surface area contributed by atoms with Crippen LogP contribution in [0.3, 0.4) is 0 Å². The quantitative estimate of drug-likeness (QED) is 0.291. The Labute approximate surface area is 139 Å². The summed E-state index contributed by atoms with van der Waals surface area (Å²) in [6.45, 7) is 13.0. The van der Waals surface area contributed by atoms with Gasteiger partial charge in [-0.1, -0.05) is 86.5 Å². The van der Waals surface area contributed by atoms with Gasteiger partial charge in [-0.25, -0.2) is 0 Å². The van der Waals surface area contributed by atoms with Crippen molar-refractivity contribution >= 4 is 5.97 Å². The van der Waals surface area contributed by atoms with Crippen LogP contribution in [0.5, 0.6) is 0 Å². The molecular weight excluding hydrogens is 272 g/mol. The summed E-state index contributed by atoms with van der Waals surface area (Å²) in [6, 6.07) is 0. The van der Waals surface area contributed by atoms with Crippen molar-refractivity contribution in [1.82, 2.24) is 0 Å². The summed E-state index contributed by atoms with van der Waals surface area (Å²) in [4.78, 5) is 12.6. The van der Waals surface area contributed by atoms with Gasteiger partial charge in [-0.05, 0) is 24.7 Å². The lowest BCUT2D eigenvalue weighted by atomic mass is 9.93. The fraction of sp³-hybridized carbons (Fsp3) is 0.950. The van der Waals surface area contributed by atoms with Gasteiger partial charge in [0.15, 0.2) is 0 Å². The maximum atomic E-state index is 12.6. The summed E-state index contributed by atoms with van der Waals surface area (Å²) in [5.41, 5.74) is 0. The predicted molar refractivity (Wildman–Crippen MR) is 95.9 cm³/mol. The van der Waals surface area contributed by atoms with E-state index in [0.29, 0.717) is 11.8 Å². The Morgan fingerprint density at radius 1 is 0.773 bits per heavy atom. The second-order valence-electron chi connectivity index (χ2n) is 7.43. The third-order valence-electron chi connectivity index (χ3n) is 4.46. The highest BCUT2D eigenvalue weighted by molar-refractivity contribution is 5.72. The van der Waals surface area contributed by atoms with E-state index in [-0.39, 0.29) is 18.0 Å². The van der Waals surface area contributed by atoms with Crippen molar-refractivity contribution in [2.24, 2.45) is 17.8 Å². The summed E-state index contributed by atoms with van der Waals surface area (Å²) >= 11 is 0. The molecule has 0 aliphatic carbocycles. The molecule has 0 rings (SSSR count). The van der Waals surface area contributed by atoms with E-state index in [1.165, 1.54) is 32.1 Å². The van der Waals surface area contributed by atoms with E-state index in [4.69, 9.17) is 4.74 Å². The maximum Gasteiger partial charge on any atom is 0.309 e. The molecule has 0 fully saturated rings. The van der Waals surface area contributed by atoms with Crippen LogP contribution < -0.4 is 0 Å². The molecular formula is C20H40O2. The Balaban J connectivity index is 4.50. The van der Waals surface area contributed by atoms with E-state index >= 15 is 0 Å². The van der Waals surface area contributed by atoms with Crippen LogP contribution in [0.15, 0.2) is 0 Å². The van der Waals surface area contributed by atoms with Gasteiger partial charge in [0.05, 0.1) is 5.92 Å². The molecule has 0 amide bonds. The highest BCUT2D eigenvalue weighted by Gasteiger charge is 2.26. The normalized spacial score (nSPS) is 13.1. The molecule has 2 nitrogen and oxygen atoms in total. The first kappa shape index (κ1) is 21.5. The molecule has 0 aromatic carbocycles. The first-order chi connectivity index (χ1) is 10.4. The molecule has 0 heterocycles. The molecule has 1 atom stereocenters. The van der Waals surface area contributed by atoms with Gasteiger partial charge in [0.2, 0.25) is 0 Å². The number of hydrogen-bond acceptors (Lipinski definition) is 2. The minimum atomic E-state index is 0.0526. The van der Waals surface area contributed by atoms with Crippen LogP contribution in [0, 0.1) is 17.8 Å². The molecule has 0 aromatic rings. The molecule has 2 heteroatoms. The van der Waals surface area contributed by atoms with Gasteiger partial charge in [-0.15, -0.1) is 0 Å². The van der Waals surface area contributed by atoms with Crippen LogP contribution >= 0.6 is 0 Å². The van der Waals surface area contributed by atoms with Gasteiger partial charge in [0, 0.05) is 0 Å². The molecule has 132 valence electrons. The Morgan fingerprint density at radius 3 is 1.68 bits per heavy atom. The molecule has 0 N–H and O–H groups in total. The number of carbonyl (C=O) groups excluding carboxylic acids is 1. The number of rotatable bonds is 13. The van der Waals surface area contributed by atoms with Crippen LogP contribution in [0.25, 0.3) is 0 Å². The zero-order valence-electron chi connectivity index (χ0n) is 16.0. The molecule has 1 unspecified atom stereocenters. The predicted octanol–water partition coefficient (Wildman–Crippen LogP) is 6.38. The lowest BCUT2D eigenvalue weighted by Gasteiger charge is -2.27. The third-order valence-corrected chi connectivity index (χ3v) is 4.46. The minimum Gasteiger partial charge on any atom is -0.462 e. The Kier molecular flexibility index (Phi) is 12.6. The standard InChI is InChI=1S/C20H40O2/c1-7-9-11-13-15-18(14-12-10-8-2)20(21)22-19(16(3)4)17(5)6/h16-19H,7-15H2,1-6H3. The SMILES string of the molecule is CCCCCCC(CCCCC)C(=O)OC(C(C)C)C(C)C. The zero-order chi connectivity index (χ0) is 17.0. The molecule has 0 aromatic heterocycles. The summed E-state index contributed by atoms with van der Waals surface area (Å²) in [6.07, 6.45) is 10.6. The van der Waals surface area contributed by atoms with Crippen LogP contribution in [0.2, 0.25) is 0 Å². The van der Waals surface area contributed by atoms with Gasteiger partial charge in [0.1, 0.15) is 6.10 Å². The van der Waals surface area contributed by atoms with E-state index in [0.717, 1.165) is 25.7 Å². The molecule has 0 aliphatic rings. The summed E-state index contributed by atoms with van der Waals surface area (Å²) in [5, 5.41) is 0. The largest absolute Gasteiger partial charge is 0.462 e. The summed E-state index contributed by atoms with van der Waals surface area (Å²) in [5.74, 6) is 0.948. The maximum absolute atomic E-state index is 12.6. The Hall–Kier alpha value is -0.530. The molecule has 0 aliphatic heterocycles. The smallest absolute Gasteiger partial charge is 0.309 e. The van der Waals surface area contributed by atoms with E-state index in [1.807, 2.05) is 0 Å². The average molecular weight is 313 g/mol. The van der Waals surface area contributed by atoms with Crippen LogP contribution in [-0.4, -0.2) is 12.1 Å². The zero-order valence-corrected chi connectivity index (χ0v) is 16.0. The molecule has 22 heavy (non-hydrogen) atoms. The number of carbonyl (C=O) groups is 1. The van der Waals surface area contributed by atoms with Crippen LogP contribution in [0.4, 0.5) is 0 Å². The second-order valence-corrected chi connectivity index (χ2v) is 7.43. The number of esters is 1. The molecule has 0 radical (unpaired) electrons. The molecule has 0 saturated carbocycles. The molecule has 0 saturated heterocycles. The first-order valence-corrected chi connectivity index (χ1v) is 9.64. The highest BCUT2D eigenvalue weighted by Crippen LogP contribution is 2.23. The Bertz CT molecular complexity index is 263. The summed E-state index contributed by atoms with van der Waals surface area (Å²) < 4.78 is 5.88. The van der Waals surface area contributed by atoms with Gasteiger partial charge >= 0.3 is 5.97 Å². The van der Waals surface area contributed by atoms with Crippen molar-refractivity contribution in [3.8, 4) is 0 Å². The van der Waals surface area contributed by atoms with E-state index in [2.05, 4.69) is 41.5 Å². The molecule has 0 spiro atoms. The van der Waals surface area contributed by atoms with E-state index in [9.17, 15) is 4.79 Å². The van der Waals surface area contributed by atoms with Crippen molar-refractivity contribution in [3.63, 3.8) is 0 Å². The number of hydrogen-bond donors (Lipinski definition) is 0. The van der Waals surface area contributed by atoms with Gasteiger partial charge in [-0.2, -0.15) is 0 Å². The lowest BCUT2D eigenvalue weighted by Crippen LogP contribution is -2.32. The van der Waals surface area contributed by atoms with Crippen molar-refractivity contribution in [3.05, 3.63) is 0 Å². The van der Waals surface area contributed by atoms with Crippen molar-refractivity contribution < 1.29 is 9.53 Å². The lowest BCUT2D eigenvalue weighted by molar-refractivity contribution is -0.159. The Morgan fingerprint density at radius 2 is 1.23 bits per heavy atom. The third kappa shape index (κ3) is 9.48.